The molecular weight excluding hydrogens is 370 g/mol. The monoisotopic (exact) mass is 391 g/mol. The van der Waals surface area contributed by atoms with Crippen LogP contribution in [-0.2, 0) is 13.2 Å². The second-order valence-corrected chi connectivity index (χ2v) is 6.79. The summed E-state index contributed by atoms with van der Waals surface area (Å²) in [7, 11) is 0. The molecule has 0 atom stereocenters. The van der Waals surface area contributed by atoms with Gasteiger partial charge < -0.3 is 9.47 Å². The lowest BCUT2D eigenvalue weighted by Gasteiger charge is -2.11. The summed E-state index contributed by atoms with van der Waals surface area (Å²) in [6.45, 7) is 0.978. The van der Waals surface area contributed by atoms with Crippen molar-refractivity contribution < 1.29 is 9.47 Å². The molecule has 0 aliphatic carbocycles. The summed E-state index contributed by atoms with van der Waals surface area (Å²) in [4.78, 5) is 4.44. The molecule has 3 aromatic carbocycles. The van der Waals surface area contributed by atoms with Gasteiger partial charge in [0.1, 0.15) is 19.0 Å². The Morgan fingerprint density at radius 2 is 1.40 bits per heavy atom. The van der Waals surface area contributed by atoms with E-state index in [1.165, 1.54) is 0 Å². The van der Waals surface area contributed by atoms with E-state index in [0.717, 1.165) is 33.6 Å². The van der Waals surface area contributed by atoms with E-state index in [9.17, 15) is 0 Å². The molecule has 0 amide bonds. The molecule has 146 valence electrons. The largest absolute Gasteiger partial charge is 0.489 e. The van der Waals surface area contributed by atoms with Gasteiger partial charge in [-0.15, -0.1) is 6.42 Å². The number of hydrogen-bond acceptors (Lipinski definition) is 3. The van der Waals surface area contributed by atoms with Gasteiger partial charge in [0.05, 0.1) is 0 Å². The summed E-state index contributed by atoms with van der Waals surface area (Å²) in [5.41, 5.74) is 4.83. The molecule has 4 rings (SSSR count). The molecule has 30 heavy (non-hydrogen) atoms. The van der Waals surface area contributed by atoms with Crippen LogP contribution in [0.3, 0.4) is 0 Å². The van der Waals surface area contributed by atoms with E-state index in [-0.39, 0.29) is 0 Å². The van der Waals surface area contributed by atoms with Crippen LogP contribution < -0.4 is 9.47 Å². The first-order chi connectivity index (χ1) is 14.8. The molecular formula is C27H21NO2. The van der Waals surface area contributed by atoms with Gasteiger partial charge >= 0.3 is 0 Å². The van der Waals surface area contributed by atoms with Crippen molar-refractivity contribution in [3.05, 3.63) is 114 Å². The third kappa shape index (κ3) is 4.87. The molecule has 0 N–H and O–H groups in total. The Balaban J connectivity index is 1.48. The van der Waals surface area contributed by atoms with Crippen LogP contribution in [0.4, 0.5) is 0 Å². The van der Waals surface area contributed by atoms with Gasteiger partial charge in [-0.3, -0.25) is 0 Å². The minimum Gasteiger partial charge on any atom is -0.489 e. The van der Waals surface area contributed by atoms with Crippen LogP contribution in [0.25, 0.3) is 11.1 Å². The second kappa shape index (κ2) is 9.45. The standard InChI is InChI=1S/C27H21NO2/c1-2-23-13-15-25(29-19-21-9-5-3-6-10-21)17-26(23)24-14-16-27(28-18-24)30-20-22-11-7-4-8-12-22/h1,3-18H,19-20H2. The van der Waals surface area contributed by atoms with E-state index in [1.54, 1.807) is 6.20 Å². The van der Waals surface area contributed by atoms with Crippen LogP contribution in [0.2, 0.25) is 0 Å². The smallest absolute Gasteiger partial charge is 0.213 e. The molecule has 0 aliphatic rings. The number of benzene rings is 3. The summed E-state index contributed by atoms with van der Waals surface area (Å²) >= 11 is 0. The quantitative estimate of drug-likeness (QED) is 0.368. The Kier molecular flexibility index (Phi) is 6.08. The normalized spacial score (nSPS) is 10.2. The molecule has 3 nitrogen and oxygen atoms in total. The summed E-state index contributed by atoms with van der Waals surface area (Å²) < 4.78 is 11.7. The van der Waals surface area contributed by atoms with Crippen LogP contribution >= 0.6 is 0 Å². The molecule has 0 spiro atoms. The maximum Gasteiger partial charge on any atom is 0.213 e. The number of nitrogens with zero attached hydrogens (tertiary/aromatic N) is 1. The number of terminal acetylenes is 1. The minimum atomic E-state index is 0.478. The molecule has 4 aromatic rings. The van der Waals surface area contributed by atoms with Crippen LogP contribution in [0.5, 0.6) is 11.6 Å². The molecule has 0 bridgehead atoms. The molecule has 1 heterocycles. The molecule has 0 aliphatic heterocycles. The van der Waals surface area contributed by atoms with Crippen molar-refractivity contribution in [2.45, 2.75) is 13.2 Å². The molecule has 0 unspecified atom stereocenters. The average Bonchev–Trinajstić information content (AvgIpc) is 2.83. The molecule has 3 heteroatoms. The van der Waals surface area contributed by atoms with Crippen LogP contribution in [-0.4, -0.2) is 4.98 Å². The van der Waals surface area contributed by atoms with Gasteiger partial charge in [0.2, 0.25) is 5.88 Å². The van der Waals surface area contributed by atoms with Crippen molar-refractivity contribution >= 4 is 0 Å². The highest BCUT2D eigenvalue weighted by atomic mass is 16.5. The van der Waals surface area contributed by atoms with Crippen LogP contribution in [0.1, 0.15) is 16.7 Å². The summed E-state index contributed by atoms with van der Waals surface area (Å²) in [5.74, 6) is 4.07. The average molecular weight is 391 g/mol. The molecule has 0 saturated carbocycles. The first-order valence-electron chi connectivity index (χ1n) is 9.72. The second-order valence-electron chi connectivity index (χ2n) is 6.79. The van der Waals surface area contributed by atoms with Gasteiger partial charge in [-0.1, -0.05) is 66.6 Å². The van der Waals surface area contributed by atoms with E-state index in [0.29, 0.717) is 19.1 Å². The van der Waals surface area contributed by atoms with E-state index in [1.807, 2.05) is 91.0 Å². The fourth-order valence-corrected chi connectivity index (χ4v) is 3.08. The van der Waals surface area contributed by atoms with Gasteiger partial charge in [0.25, 0.3) is 0 Å². The zero-order valence-corrected chi connectivity index (χ0v) is 16.5. The van der Waals surface area contributed by atoms with E-state index >= 15 is 0 Å². The van der Waals surface area contributed by atoms with Crippen LogP contribution in [0, 0.1) is 12.3 Å². The fraction of sp³-hybridized carbons (Fsp3) is 0.0741. The van der Waals surface area contributed by atoms with Crippen molar-refractivity contribution in [3.8, 4) is 35.1 Å². The van der Waals surface area contributed by atoms with Gasteiger partial charge in [-0.05, 0) is 35.4 Å². The number of ether oxygens (including phenoxy) is 2. The summed E-state index contributed by atoms with van der Waals surface area (Å²) in [5, 5.41) is 0. The SMILES string of the molecule is C#Cc1ccc(OCc2ccccc2)cc1-c1ccc(OCc2ccccc2)nc1. The minimum absolute atomic E-state index is 0.478. The molecule has 1 aromatic heterocycles. The Morgan fingerprint density at radius 3 is 2.00 bits per heavy atom. The Morgan fingerprint density at radius 1 is 0.733 bits per heavy atom. The number of hydrogen-bond donors (Lipinski definition) is 0. The highest BCUT2D eigenvalue weighted by Gasteiger charge is 2.08. The Hall–Kier alpha value is -4.03. The predicted molar refractivity (Wildman–Crippen MR) is 119 cm³/mol. The van der Waals surface area contributed by atoms with E-state index in [4.69, 9.17) is 15.9 Å². The van der Waals surface area contributed by atoms with Crippen molar-refractivity contribution in [1.82, 2.24) is 4.98 Å². The lowest BCUT2D eigenvalue weighted by molar-refractivity contribution is 0.294. The van der Waals surface area contributed by atoms with Gasteiger partial charge in [-0.25, -0.2) is 4.98 Å². The first kappa shape index (κ1) is 19.3. The van der Waals surface area contributed by atoms with Gasteiger partial charge in [0, 0.05) is 29.0 Å². The Bertz CT molecular complexity index is 1130. The fourth-order valence-electron chi connectivity index (χ4n) is 3.08. The lowest BCUT2D eigenvalue weighted by atomic mass is 10.0. The molecule has 0 saturated heterocycles. The summed E-state index contributed by atoms with van der Waals surface area (Å²) in [6.07, 6.45) is 7.48. The third-order valence-corrected chi connectivity index (χ3v) is 4.67. The highest BCUT2D eigenvalue weighted by molar-refractivity contribution is 5.72. The zero-order chi connectivity index (χ0) is 20.6. The number of pyridine rings is 1. The van der Waals surface area contributed by atoms with Crippen molar-refractivity contribution in [1.29, 1.82) is 0 Å². The highest BCUT2D eigenvalue weighted by Crippen LogP contribution is 2.28. The maximum absolute atomic E-state index is 5.95. The number of aromatic nitrogens is 1. The molecule has 0 fully saturated rings. The topological polar surface area (TPSA) is 31.4 Å². The van der Waals surface area contributed by atoms with Gasteiger partial charge in [-0.2, -0.15) is 0 Å². The van der Waals surface area contributed by atoms with E-state index in [2.05, 4.69) is 10.9 Å². The van der Waals surface area contributed by atoms with Crippen molar-refractivity contribution in [2.24, 2.45) is 0 Å². The number of rotatable bonds is 7. The summed E-state index contributed by atoms with van der Waals surface area (Å²) in [6, 6.07) is 29.6. The van der Waals surface area contributed by atoms with E-state index < -0.39 is 0 Å². The van der Waals surface area contributed by atoms with Crippen LogP contribution in [0.15, 0.2) is 97.2 Å². The predicted octanol–water partition coefficient (Wildman–Crippen LogP) is 5.89. The van der Waals surface area contributed by atoms with Crippen molar-refractivity contribution in [3.63, 3.8) is 0 Å². The first-order valence-corrected chi connectivity index (χ1v) is 9.72. The van der Waals surface area contributed by atoms with Gasteiger partial charge in [0.15, 0.2) is 0 Å². The Labute approximate surface area is 177 Å². The lowest BCUT2D eigenvalue weighted by Crippen LogP contribution is -1.98. The molecule has 0 radical (unpaired) electrons. The zero-order valence-electron chi connectivity index (χ0n) is 16.5. The third-order valence-electron chi connectivity index (χ3n) is 4.67. The van der Waals surface area contributed by atoms with Crippen molar-refractivity contribution in [2.75, 3.05) is 0 Å². The maximum atomic E-state index is 5.95.